The second-order valence-corrected chi connectivity index (χ2v) is 2.81. The van der Waals surface area contributed by atoms with Gasteiger partial charge < -0.3 is 5.73 Å². The van der Waals surface area contributed by atoms with Crippen molar-refractivity contribution in [3.8, 4) is 6.07 Å². The predicted octanol–water partition coefficient (Wildman–Crippen LogP) is 0.992. The maximum absolute atomic E-state index is 12.5. The van der Waals surface area contributed by atoms with Crippen LogP contribution in [0.4, 0.5) is 14.6 Å². The van der Waals surface area contributed by atoms with Gasteiger partial charge in [0.1, 0.15) is 18.2 Å². The topological polar surface area (TPSA) is 67.6 Å². The molecule has 0 aliphatic heterocycles. The van der Waals surface area contributed by atoms with Crippen LogP contribution in [0.15, 0.2) is 6.20 Å². The number of anilines is 1. The monoisotopic (exact) mass is 186 g/mol. The van der Waals surface area contributed by atoms with E-state index in [-0.39, 0.29) is 11.4 Å². The number of nitriles is 1. The zero-order valence-electron chi connectivity index (χ0n) is 6.96. The second-order valence-electron chi connectivity index (χ2n) is 2.81. The van der Waals surface area contributed by atoms with E-state index < -0.39 is 12.5 Å². The van der Waals surface area contributed by atoms with Crippen molar-refractivity contribution in [3.63, 3.8) is 0 Å². The Morgan fingerprint density at radius 3 is 2.77 bits per heavy atom. The van der Waals surface area contributed by atoms with Gasteiger partial charge in [0, 0.05) is 13.1 Å². The molecule has 0 atom stereocenters. The first-order chi connectivity index (χ1) is 5.92. The lowest BCUT2D eigenvalue weighted by Crippen LogP contribution is -2.19. The number of nitrogen functional groups attached to an aromatic ring is 1. The highest BCUT2D eigenvalue weighted by molar-refractivity contribution is 5.46. The van der Waals surface area contributed by atoms with Gasteiger partial charge in [0.25, 0.3) is 5.92 Å². The van der Waals surface area contributed by atoms with Crippen molar-refractivity contribution < 1.29 is 8.78 Å². The van der Waals surface area contributed by atoms with E-state index in [0.29, 0.717) is 0 Å². The molecule has 0 fully saturated rings. The summed E-state index contributed by atoms with van der Waals surface area (Å²) in [5.41, 5.74) is 5.39. The molecule has 0 radical (unpaired) electrons. The molecular formula is C7H8F2N4. The zero-order valence-corrected chi connectivity index (χ0v) is 6.96. The van der Waals surface area contributed by atoms with Crippen LogP contribution >= 0.6 is 0 Å². The molecule has 0 spiro atoms. The minimum absolute atomic E-state index is 0.0215. The second kappa shape index (κ2) is 3.01. The van der Waals surface area contributed by atoms with Gasteiger partial charge in [-0.3, -0.25) is 4.68 Å². The first kappa shape index (κ1) is 9.45. The van der Waals surface area contributed by atoms with Crippen molar-refractivity contribution in [1.29, 1.82) is 5.26 Å². The summed E-state index contributed by atoms with van der Waals surface area (Å²) in [7, 11) is 0. The molecular weight excluding hydrogens is 178 g/mol. The van der Waals surface area contributed by atoms with E-state index in [0.717, 1.165) is 11.6 Å². The molecule has 2 N–H and O–H groups in total. The van der Waals surface area contributed by atoms with Gasteiger partial charge >= 0.3 is 0 Å². The molecule has 0 aliphatic rings. The molecule has 6 heteroatoms. The Hall–Kier alpha value is -1.64. The third-order valence-electron chi connectivity index (χ3n) is 1.35. The highest BCUT2D eigenvalue weighted by Gasteiger charge is 2.22. The summed E-state index contributed by atoms with van der Waals surface area (Å²) in [5, 5.41) is 12.0. The Labute approximate surface area is 73.6 Å². The van der Waals surface area contributed by atoms with E-state index in [4.69, 9.17) is 11.0 Å². The van der Waals surface area contributed by atoms with Crippen LogP contribution in [0.5, 0.6) is 0 Å². The predicted molar refractivity (Wildman–Crippen MR) is 42.0 cm³/mol. The smallest absolute Gasteiger partial charge is 0.264 e. The number of nitrogens with two attached hydrogens (primary N) is 1. The molecule has 0 aliphatic carbocycles. The molecule has 1 heterocycles. The standard InChI is InChI=1S/C7H8F2N4/c1-7(8,9)4-13-3-5(2-10)6(11)12-13/h3H,4H2,1H3,(H2,11,12). The van der Waals surface area contributed by atoms with Crippen LogP contribution in [0, 0.1) is 11.3 Å². The highest BCUT2D eigenvalue weighted by Crippen LogP contribution is 2.16. The van der Waals surface area contributed by atoms with Crippen LogP contribution in [-0.2, 0) is 6.54 Å². The molecule has 0 bridgehead atoms. The molecule has 0 aromatic carbocycles. The maximum atomic E-state index is 12.5. The van der Waals surface area contributed by atoms with E-state index in [1.54, 1.807) is 6.07 Å². The Morgan fingerprint density at radius 2 is 2.38 bits per heavy atom. The molecule has 0 saturated carbocycles. The third kappa shape index (κ3) is 2.40. The maximum Gasteiger partial charge on any atom is 0.264 e. The van der Waals surface area contributed by atoms with Gasteiger partial charge in [-0.15, -0.1) is 0 Å². The van der Waals surface area contributed by atoms with Crippen LogP contribution in [0.25, 0.3) is 0 Å². The van der Waals surface area contributed by atoms with Crippen molar-refractivity contribution in [2.24, 2.45) is 0 Å². The molecule has 1 aromatic rings. The Kier molecular flexibility index (Phi) is 2.19. The third-order valence-corrected chi connectivity index (χ3v) is 1.35. The Balaban J connectivity index is 2.87. The lowest BCUT2D eigenvalue weighted by molar-refractivity contribution is 0.000677. The summed E-state index contributed by atoms with van der Waals surface area (Å²) in [6, 6.07) is 1.75. The van der Waals surface area contributed by atoms with Gasteiger partial charge in [0.15, 0.2) is 5.82 Å². The van der Waals surface area contributed by atoms with Crippen molar-refractivity contribution in [3.05, 3.63) is 11.8 Å². The van der Waals surface area contributed by atoms with E-state index in [1.165, 1.54) is 6.20 Å². The number of nitrogens with zero attached hydrogens (tertiary/aromatic N) is 3. The summed E-state index contributed by atoms with van der Waals surface area (Å²) < 4.78 is 25.9. The first-order valence-corrected chi connectivity index (χ1v) is 3.53. The fraction of sp³-hybridized carbons (Fsp3) is 0.429. The number of hydrogen-bond donors (Lipinski definition) is 1. The lowest BCUT2D eigenvalue weighted by atomic mass is 10.3. The molecule has 0 amide bonds. The number of hydrogen-bond acceptors (Lipinski definition) is 3. The molecule has 0 unspecified atom stereocenters. The zero-order chi connectivity index (χ0) is 10.1. The van der Waals surface area contributed by atoms with Crippen molar-refractivity contribution in [2.75, 3.05) is 5.73 Å². The average Bonchev–Trinajstić information content (AvgIpc) is 2.26. The number of halogens is 2. The van der Waals surface area contributed by atoms with Gasteiger partial charge in [-0.2, -0.15) is 10.4 Å². The Bertz CT molecular complexity index is 344. The van der Waals surface area contributed by atoms with Crippen LogP contribution in [0.1, 0.15) is 12.5 Å². The summed E-state index contributed by atoms with van der Waals surface area (Å²) in [5.74, 6) is -2.88. The number of aromatic nitrogens is 2. The fourth-order valence-corrected chi connectivity index (χ4v) is 0.888. The average molecular weight is 186 g/mol. The quantitative estimate of drug-likeness (QED) is 0.748. The van der Waals surface area contributed by atoms with E-state index in [2.05, 4.69) is 5.10 Å². The fourth-order valence-electron chi connectivity index (χ4n) is 0.888. The van der Waals surface area contributed by atoms with Crippen LogP contribution in [0.3, 0.4) is 0 Å². The molecule has 0 saturated heterocycles. The van der Waals surface area contributed by atoms with Crippen LogP contribution < -0.4 is 5.73 Å². The molecule has 13 heavy (non-hydrogen) atoms. The van der Waals surface area contributed by atoms with Crippen LogP contribution in [0.2, 0.25) is 0 Å². The summed E-state index contributed by atoms with van der Waals surface area (Å²) in [6.45, 7) is 0.204. The largest absolute Gasteiger partial charge is 0.381 e. The summed E-state index contributed by atoms with van der Waals surface area (Å²) >= 11 is 0. The van der Waals surface area contributed by atoms with Gasteiger partial charge in [0.05, 0.1) is 0 Å². The SMILES string of the molecule is CC(F)(F)Cn1cc(C#N)c(N)n1. The van der Waals surface area contributed by atoms with Crippen LogP contribution in [-0.4, -0.2) is 15.7 Å². The molecule has 70 valence electrons. The molecule has 4 nitrogen and oxygen atoms in total. The van der Waals surface area contributed by atoms with Crippen molar-refractivity contribution >= 4 is 5.82 Å². The van der Waals surface area contributed by atoms with E-state index >= 15 is 0 Å². The normalized spacial score (nSPS) is 11.2. The summed E-state index contributed by atoms with van der Waals surface area (Å²) in [6.07, 6.45) is 1.20. The van der Waals surface area contributed by atoms with Gasteiger partial charge in [-0.05, 0) is 0 Å². The van der Waals surface area contributed by atoms with Gasteiger partial charge in [-0.1, -0.05) is 0 Å². The summed E-state index contributed by atoms with van der Waals surface area (Å²) in [4.78, 5) is 0. The molecule has 1 rings (SSSR count). The number of rotatable bonds is 2. The highest BCUT2D eigenvalue weighted by atomic mass is 19.3. The van der Waals surface area contributed by atoms with Gasteiger partial charge in [0.2, 0.25) is 0 Å². The van der Waals surface area contributed by atoms with Crippen molar-refractivity contribution in [1.82, 2.24) is 9.78 Å². The molecule has 1 aromatic heterocycles. The minimum Gasteiger partial charge on any atom is -0.381 e. The minimum atomic E-state index is -2.86. The van der Waals surface area contributed by atoms with Crippen molar-refractivity contribution in [2.45, 2.75) is 19.4 Å². The van der Waals surface area contributed by atoms with Gasteiger partial charge in [-0.25, -0.2) is 8.78 Å². The van der Waals surface area contributed by atoms with E-state index in [9.17, 15) is 8.78 Å². The Morgan fingerprint density at radius 1 is 1.77 bits per heavy atom. The lowest BCUT2D eigenvalue weighted by Gasteiger charge is -2.08. The number of alkyl halides is 2. The first-order valence-electron chi connectivity index (χ1n) is 3.53. The van der Waals surface area contributed by atoms with E-state index in [1.807, 2.05) is 0 Å².